The van der Waals surface area contributed by atoms with Gasteiger partial charge in [0.25, 0.3) is 0 Å². The Bertz CT molecular complexity index is 239. The van der Waals surface area contributed by atoms with E-state index < -0.39 is 5.97 Å². The Morgan fingerprint density at radius 3 is 1.67 bits per heavy atom. The average molecular weight is 319 g/mol. The second kappa shape index (κ2) is 19.5. The van der Waals surface area contributed by atoms with Gasteiger partial charge in [-0.2, -0.15) is 0 Å². The van der Waals surface area contributed by atoms with E-state index in [1.165, 1.54) is 70.6 Å². The Morgan fingerprint density at radius 2 is 1.19 bits per heavy atom. The highest BCUT2D eigenvalue weighted by atomic mass is 35.5. The van der Waals surface area contributed by atoms with Crippen molar-refractivity contribution in [1.29, 1.82) is 0 Å². The SMILES string of the molecule is CCCCCCCC/C=C\CCCCCCCC(=O)O.Cl. The Labute approximate surface area is 137 Å². The molecule has 0 amide bonds. The van der Waals surface area contributed by atoms with E-state index in [0.29, 0.717) is 6.42 Å². The number of rotatable bonds is 15. The van der Waals surface area contributed by atoms with Crippen LogP contribution in [0.1, 0.15) is 96.8 Å². The molecule has 0 spiro atoms. The highest BCUT2D eigenvalue weighted by Crippen LogP contribution is 2.09. The Balaban J connectivity index is 0. The maximum Gasteiger partial charge on any atom is 0.303 e. The third-order valence-corrected chi connectivity index (χ3v) is 3.65. The van der Waals surface area contributed by atoms with Gasteiger partial charge in [0.1, 0.15) is 0 Å². The summed E-state index contributed by atoms with van der Waals surface area (Å²) in [6.45, 7) is 2.26. The first-order valence-corrected chi connectivity index (χ1v) is 8.64. The molecule has 0 saturated heterocycles. The molecule has 1 N–H and O–H groups in total. The molecule has 0 fully saturated rings. The van der Waals surface area contributed by atoms with Gasteiger partial charge >= 0.3 is 5.97 Å². The molecule has 126 valence electrons. The fourth-order valence-electron chi connectivity index (χ4n) is 2.35. The van der Waals surface area contributed by atoms with Crippen molar-refractivity contribution in [3.05, 3.63) is 12.2 Å². The summed E-state index contributed by atoms with van der Waals surface area (Å²) in [5.41, 5.74) is 0. The zero-order chi connectivity index (χ0) is 14.9. The number of carbonyl (C=O) groups is 1. The molecular formula is C18H35ClO2. The maximum atomic E-state index is 10.3. The van der Waals surface area contributed by atoms with Crippen molar-refractivity contribution in [3.8, 4) is 0 Å². The predicted octanol–water partition coefficient (Wildman–Crippen LogP) is 6.53. The van der Waals surface area contributed by atoms with E-state index in [-0.39, 0.29) is 12.4 Å². The molecule has 21 heavy (non-hydrogen) atoms. The number of halogens is 1. The van der Waals surface area contributed by atoms with Crippen molar-refractivity contribution in [2.24, 2.45) is 0 Å². The van der Waals surface area contributed by atoms with Gasteiger partial charge in [0, 0.05) is 6.42 Å². The third kappa shape index (κ3) is 21.9. The van der Waals surface area contributed by atoms with Crippen LogP contribution in [0.25, 0.3) is 0 Å². The zero-order valence-corrected chi connectivity index (χ0v) is 14.6. The summed E-state index contributed by atoms with van der Waals surface area (Å²) < 4.78 is 0. The number of carboxylic acid groups (broad SMARTS) is 1. The van der Waals surface area contributed by atoms with Crippen LogP contribution in [0.15, 0.2) is 12.2 Å². The molecule has 0 aromatic carbocycles. The van der Waals surface area contributed by atoms with Gasteiger partial charge in [-0.3, -0.25) is 4.79 Å². The lowest BCUT2D eigenvalue weighted by Gasteiger charge is -1.99. The standard InChI is InChI=1S/C18H34O2.ClH/c1-2-3-4-5-6-7-8-9-10-11-12-13-14-15-16-17-18(19)20;/h9-10H,2-8,11-17H2,1H3,(H,19,20);1H/b10-9-;. The van der Waals surface area contributed by atoms with E-state index in [0.717, 1.165) is 12.8 Å². The van der Waals surface area contributed by atoms with Gasteiger partial charge < -0.3 is 5.11 Å². The van der Waals surface area contributed by atoms with Crippen LogP contribution in [0, 0.1) is 0 Å². The van der Waals surface area contributed by atoms with Gasteiger partial charge in [-0.25, -0.2) is 0 Å². The first-order valence-electron chi connectivity index (χ1n) is 8.64. The molecule has 0 aliphatic heterocycles. The second-order valence-electron chi connectivity index (χ2n) is 5.73. The topological polar surface area (TPSA) is 37.3 Å². The Morgan fingerprint density at radius 1 is 0.762 bits per heavy atom. The average Bonchev–Trinajstić information content (AvgIpc) is 2.43. The van der Waals surface area contributed by atoms with Crippen LogP contribution in [0.2, 0.25) is 0 Å². The molecule has 0 unspecified atom stereocenters. The molecule has 0 heterocycles. The van der Waals surface area contributed by atoms with Crippen LogP contribution in [-0.2, 0) is 4.79 Å². The Hall–Kier alpha value is -0.500. The highest BCUT2D eigenvalue weighted by molar-refractivity contribution is 5.85. The minimum absolute atomic E-state index is 0. The monoisotopic (exact) mass is 318 g/mol. The number of hydrogen-bond acceptors (Lipinski definition) is 1. The molecule has 0 saturated carbocycles. The van der Waals surface area contributed by atoms with Gasteiger partial charge in [-0.1, -0.05) is 70.4 Å². The van der Waals surface area contributed by atoms with Gasteiger partial charge in [0.05, 0.1) is 0 Å². The summed E-state index contributed by atoms with van der Waals surface area (Å²) in [5.74, 6) is -0.664. The lowest BCUT2D eigenvalue weighted by atomic mass is 10.1. The minimum atomic E-state index is -0.664. The highest BCUT2D eigenvalue weighted by Gasteiger charge is 1.95. The van der Waals surface area contributed by atoms with Crippen molar-refractivity contribution in [1.82, 2.24) is 0 Å². The van der Waals surface area contributed by atoms with Gasteiger partial charge in [0.15, 0.2) is 0 Å². The quantitative estimate of drug-likeness (QED) is 0.275. The molecule has 0 aromatic rings. The van der Waals surface area contributed by atoms with E-state index in [4.69, 9.17) is 5.11 Å². The van der Waals surface area contributed by atoms with Crippen LogP contribution in [0.5, 0.6) is 0 Å². The molecule has 0 aromatic heterocycles. The van der Waals surface area contributed by atoms with Crippen LogP contribution >= 0.6 is 12.4 Å². The first kappa shape index (κ1) is 22.8. The zero-order valence-electron chi connectivity index (χ0n) is 13.8. The molecule has 3 heteroatoms. The van der Waals surface area contributed by atoms with Gasteiger partial charge in [-0.05, 0) is 32.1 Å². The van der Waals surface area contributed by atoms with Crippen LogP contribution in [-0.4, -0.2) is 11.1 Å². The molecule has 0 radical (unpaired) electrons. The number of hydrogen-bond donors (Lipinski definition) is 1. The summed E-state index contributed by atoms with van der Waals surface area (Å²) in [6, 6.07) is 0. The normalized spacial score (nSPS) is 10.7. The molecule has 0 rings (SSSR count). The molecule has 2 nitrogen and oxygen atoms in total. The maximum absolute atomic E-state index is 10.3. The number of carboxylic acids is 1. The minimum Gasteiger partial charge on any atom is -0.481 e. The van der Waals surface area contributed by atoms with E-state index in [1.54, 1.807) is 0 Å². The summed E-state index contributed by atoms with van der Waals surface area (Å²) in [6.07, 6.45) is 21.2. The van der Waals surface area contributed by atoms with Crippen molar-refractivity contribution < 1.29 is 9.90 Å². The number of allylic oxidation sites excluding steroid dienone is 2. The van der Waals surface area contributed by atoms with E-state index >= 15 is 0 Å². The van der Waals surface area contributed by atoms with Crippen molar-refractivity contribution in [2.75, 3.05) is 0 Å². The summed E-state index contributed by atoms with van der Waals surface area (Å²) in [4.78, 5) is 10.3. The smallest absolute Gasteiger partial charge is 0.303 e. The Kier molecular flexibility index (Phi) is 21.1. The molecule has 0 bridgehead atoms. The van der Waals surface area contributed by atoms with Crippen molar-refractivity contribution in [2.45, 2.75) is 96.8 Å². The van der Waals surface area contributed by atoms with Crippen LogP contribution < -0.4 is 0 Å². The lowest BCUT2D eigenvalue weighted by Crippen LogP contribution is -1.93. The van der Waals surface area contributed by atoms with Crippen molar-refractivity contribution >= 4 is 18.4 Å². The van der Waals surface area contributed by atoms with Crippen LogP contribution in [0.3, 0.4) is 0 Å². The molecule has 0 atom stereocenters. The lowest BCUT2D eigenvalue weighted by molar-refractivity contribution is -0.137. The van der Waals surface area contributed by atoms with E-state index in [9.17, 15) is 4.79 Å². The van der Waals surface area contributed by atoms with Crippen molar-refractivity contribution in [3.63, 3.8) is 0 Å². The largest absolute Gasteiger partial charge is 0.481 e. The summed E-state index contributed by atoms with van der Waals surface area (Å²) in [7, 11) is 0. The predicted molar refractivity (Wildman–Crippen MR) is 94.3 cm³/mol. The first-order chi connectivity index (χ1) is 9.77. The number of aliphatic carboxylic acids is 1. The fraction of sp³-hybridized carbons (Fsp3) is 0.833. The molecule has 0 aliphatic carbocycles. The molecular weight excluding hydrogens is 284 g/mol. The van der Waals surface area contributed by atoms with Crippen LogP contribution in [0.4, 0.5) is 0 Å². The van der Waals surface area contributed by atoms with Gasteiger partial charge in [0.2, 0.25) is 0 Å². The number of unbranched alkanes of at least 4 members (excludes halogenated alkanes) is 11. The second-order valence-corrected chi connectivity index (χ2v) is 5.73. The third-order valence-electron chi connectivity index (χ3n) is 3.65. The summed E-state index contributed by atoms with van der Waals surface area (Å²) >= 11 is 0. The summed E-state index contributed by atoms with van der Waals surface area (Å²) in [5, 5.41) is 8.51. The fourth-order valence-corrected chi connectivity index (χ4v) is 2.35. The molecule has 0 aliphatic rings. The van der Waals surface area contributed by atoms with E-state index in [1.807, 2.05) is 0 Å². The van der Waals surface area contributed by atoms with Gasteiger partial charge in [-0.15, -0.1) is 12.4 Å². The van der Waals surface area contributed by atoms with E-state index in [2.05, 4.69) is 19.1 Å².